The van der Waals surface area contributed by atoms with Crippen LogP contribution in [-0.2, 0) is 19.9 Å². The summed E-state index contributed by atoms with van der Waals surface area (Å²) >= 11 is 0. The summed E-state index contributed by atoms with van der Waals surface area (Å²) in [4.78, 5) is 37.0. The molecule has 3 aromatic carbocycles. The molecule has 0 aliphatic carbocycles. The third-order valence-corrected chi connectivity index (χ3v) is 5.50. The lowest BCUT2D eigenvalue weighted by molar-refractivity contribution is -0.122. The van der Waals surface area contributed by atoms with Crippen LogP contribution in [0.5, 0.6) is 0 Å². The molecule has 0 aromatic heterocycles. The molecule has 6 heteroatoms. The van der Waals surface area contributed by atoms with Crippen molar-refractivity contribution in [3.63, 3.8) is 0 Å². The normalized spacial score (nSPS) is 12.3. The van der Waals surface area contributed by atoms with E-state index in [1.54, 1.807) is 20.8 Å². The van der Waals surface area contributed by atoms with Crippen LogP contribution in [0.4, 0.5) is 4.79 Å². The van der Waals surface area contributed by atoms with E-state index in [4.69, 9.17) is 4.74 Å². The van der Waals surface area contributed by atoms with Gasteiger partial charge in [-0.15, -0.1) is 0 Å². The summed E-state index contributed by atoms with van der Waals surface area (Å²) in [5, 5.41) is 5.78. The molecule has 0 bridgehead atoms. The molecule has 0 saturated carbocycles. The molecule has 3 rings (SSSR count). The lowest BCUT2D eigenvalue weighted by Crippen LogP contribution is -2.48. The van der Waals surface area contributed by atoms with Crippen molar-refractivity contribution in [3.8, 4) is 0 Å². The number of aldehydes is 1. The van der Waals surface area contributed by atoms with Crippen molar-refractivity contribution in [1.29, 1.82) is 0 Å². The minimum absolute atomic E-state index is 0.0352. The summed E-state index contributed by atoms with van der Waals surface area (Å²) in [6.07, 6.45) is 0.106. The van der Waals surface area contributed by atoms with Crippen molar-refractivity contribution < 1.29 is 19.1 Å². The summed E-state index contributed by atoms with van der Waals surface area (Å²) in [6.45, 7) is 5.23. The standard InChI is InChI=1S/C29H32N2O4/c1-28(2,3)35-27(34)30-25(21-32)19-20-26(33)31-29(22-13-7-4-8-14-22,23-15-9-5-10-16-23)24-17-11-6-12-18-24/h4-18,21,25H,19-20H2,1-3H3,(H,30,34)(H,31,33)/t25-/m0/s1. The van der Waals surface area contributed by atoms with Crippen molar-refractivity contribution in [1.82, 2.24) is 10.6 Å². The zero-order chi connectivity index (χ0) is 25.3. The molecule has 35 heavy (non-hydrogen) atoms. The van der Waals surface area contributed by atoms with E-state index in [0.29, 0.717) is 6.29 Å². The lowest BCUT2D eigenvalue weighted by Gasteiger charge is -2.37. The van der Waals surface area contributed by atoms with Crippen molar-refractivity contribution in [2.75, 3.05) is 0 Å². The number of rotatable bonds is 9. The highest BCUT2D eigenvalue weighted by Crippen LogP contribution is 2.36. The van der Waals surface area contributed by atoms with Gasteiger partial charge in [-0.05, 0) is 43.9 Å². The van der Waals surface area contributed by atoms with Crippen LogP contribution >= 0.6 is 0 Å². The molecule has 2 amide bonds. The van der Waals surface area contributed by atoms with E-state index in [0.717, 1.165) is 16.7 Å². The highest BCUT2D eigenvalue weighted by molar-refractivity contribution is 5.80. The summed E-state index contributed by atoms with van der Waals surface area (Å²) in [6, 6.07) is 28.5. The quantitative estimate of drug-likeness (QED) is 0.340. The highest BCUT2D eigenvalue weighted by atomic mass is 16.6. The molecule has 2 N–H and O–H groups in total. The first-order chi connectivity index (χ1) is 16.7. The van der Waals surface area contributed by atoms with E-state index in [1.807, 2.05) is 91.0 Å². The molecule has 182 valence electrons. The van der Waals surface area contributed by atoms with Gasteiger partial charge in [0.15, 0.2) is 0 Å². The van der Waals surface area contributed by atoms with Gasteiger partial charge in [-0.1, -0.05) is 91.0 Å². The number of carbonyl (C=O) groups excluding carboxylic acids is 3. The van der Waals surface area contributed by atoms with Gasteiger partial charge >= 0.3 is 6.09 Å². The second-order valence-corrected chi connectivity index (χ2v) is 9.32. The van der Waals surface area contributed by atoms with Crippen molar-refractivity contribution in [2.45, 2.75) is 50.8 Å². The van der Waals surface area contributed by atoms with Gasteiger partial charge in [0.1, 0.15) is 17.4 Å². The smallest absolute Gasteiger partial charge is 0.408 e. The van der Waals surface area contributed by atoms with E-state index in [-0.39, 0.29) is 18.7 Å². The first kappa shape index (κ1) is 25.7. The Hall–Kier alpha value is -3.93. The summed E-state index contributed by atoms with van der Waals surface area (Å²) < 4.78 is 5.22. The Labute approximate surface area is 206 Å². The van der Waals surface area contributed by atoms with Gasteiger partial charge in [0.2, 0.25) is 5.91 Å². The molecule has 0 radical (unpaired) electrons. The molecule has 0 unspecified atom stereocenters. The van der Waals surface area contributed by atoms with Crippen LogP contribution < -0.4 is 10.6 Å². The summed E-state index contributed by atoms with van der Waals surface area (Å²) in [5.74, 6) is -0.251. The van der Waals surface area contributed by atoms with E-state index >= 15 is 0 Å². The predicted octanol–water partition coefficient (Wildman–Crippen LogP) is 4.97. The van der Waals surface area contributed by atoms with Crippen LogP contribution in [0.15, 0.2) is 91.0 Å². The maximum Gasteiger partial charge on any atom is 0.408 e. The molecular formula is C29H32N2O4. The Kier molecular flexibility index (Phi) is 8.42. The minimum atomic E-state index is -0.934. The molecule has 1 atom stereocenters. The Bertz CT molecular complexity index is 1010. The number of amides is 2. The van der Waals surface area contributed by atoms with Gasteiger partial charge in [-0.3, -0.25) is 4.79 Å². The largest absolute Gasteiger partial charge is 0.444 e. The van der Waals surface area contributed by atoms with Crippen LogP contribution in [-0.4, -0.2) is 29.9 Å². The van der Waals surface area contributed by atoms with E-state index < -0.39 is 23.3 Å². The molecule has 0 aliphatic rings. The molecule has 0 heterocycles. The molecule has 0 fully saturated rings. The topological polar surface area (TPSA) is 84.5 Å². The molecule has 3 aromatic rings. The molecule has 0 aliphatic heterocycles. The fraction of sp³-hybridized carbons (Fsp3) is 0.276. The van der Waals surface area contributed by atoms with Crippen LogP contribution in [0.2, 0.25) is 0 Å². The van der Waals surface area contributed by atoms with Crippen molar-refractivity contribution in [2.24, 2.45) is 0 Å². The number of benzene rings is 3. The predicted molar refractivity (Wildman–Crippen MR) is 136 cm³/mol. The number of hydrogen-bond acceptors (Lipinski definition) is 4. The van der Waals surface area contributed by atoms with E-state index in [9.17, 15) is 14.4 Å². The Morgan fingerprint density at radius 3 is 1.60 bits per heavy atom. The zero-order valence-corrected chi connectivity index (χ0v) is 20.4. The monoisotopic (exact) mass is 472 g/mol. The number of alkyl carbamates (subject to hydrolysis) is 1. The van der Waals surface area contributed by atoms with Gasteiger partial charge in [0.05, 0.1) is 6.04 Å². The molecule has 6 nitrogen and oxygen atoms in total. The third kappa shape index (κ3) is 6.79. The minimum Gasteiger partial charge on any atom is -0.444 e. The fourth-order valence-corrected chi connectivity index (χ4v) is 3.97. The van der Waals surface area contributed by atoms with Gasteiger partial charge in [-0.25, -0.2) is 4.79 Å². The number of ether oxygens (including phenoxy) is 1. The maximum absolute atomic E-state index is 13.3. The van der Waals surface area contributed by atoms with Crippen molar-refractivity contribution in [3.05, 3.63) is 108 Å². The van der Waals surface area contributed by atoms with E-state index in [2.05, 4.69) is 10.6 Å². The maximum atomic E-state index is 13.3. The lowest BCUT2D eigenvalue weighted by atomic mass is 9.77. The molecular weight excluding hydrogens is 440 g/mol. The molecule has 0 spiro atoms. The second-order valence-electron chi connectivity index (χ2n) is 9.32. The van der Waals surface area contributed by atoms with Gasteiger partial charge in [0, 0.05) is 6.42 Å². The third-order valence-electron chi connectivity index (χ3n) is 5.50. The van der Waals surface area contributed by atoms with Crippen molar-refractivity contribution >= 4 is 18.3 Å². The average Bonchev–Trinajstić information content (AvgIpc) is 2.85. The average molecular weight is 473 g/mol. The summed E-state index contributed by atoms with van der Waals surface area (Å²) in [7, 11) is 0. The second kappa shape index (κ2) is 11.5. The molecule has 0 saturated heterocycles. The highest BCUT2D eigenvalue weighted by Gasteiger charge is 2.37. The zero-order valence-electron chi connectivity index (χ0n) is 20.4. The summed E-state index contributed by atoms with van der Waals surface area (Å²) in [5.41, 5.74) is 1.10. The van der Waals surface area contributed by atoms with Gasteiger partial charge < -0.3 is 20.2 Å². The van der Waals surface area contributed by atoms with Crippen LogP contribution in [0.25, 0.3) is 0 Å². The fourth-order valence-electron chi connectivity index (χ4n) is 3.97. The Balaban J connectivity index is 1.88. The number of hydrogen-bond donors (Lipinski definition) is 2. The first-order valence-corrected chi connectivity index (χ1v) is 11.7. The van der Waals surface area contributed by atoms with Crippen LogP contribution in [0.3, 0.4) is 0 Å². The van der Waals surface area contributed by atoms with Gasteiger partial charge in [-0.2, -0.15) is 0 Å². The Morgan fingerprint density at radius 2 is 1.23 bits per heavy atom. The number of nitrogens with one attached hydrogen (secondary N) is 2. The first-order valence-electron chi connectivity index (χ1n) is 11.7. The number of carbonyl (C=O) groups is 3. The van der Waals surface area contributed by atoms with Gasteiger partial charge in [0.25, 0.3) is 0 Å². The van der Waals surface area contributed by atoms with Crippen LogP contribution in [0.1, 0.15) is 50.3 Å². The van der Waals surface area contributed by atoms with E-state index in [1.165, 1.54) is 0 Å². The SMILES string of the molecule is CC(C)(C)OC(=O)N[C@H](C=O)CCC(=O)NC(c1ccccc1)(c1ccccc1)c1ccccc1. The Morgan fingerprint density at radius 1 is 0.800 bits per heavy atom. The van der Waals surface area contributed by atoms with Crippen LogP contribution in [0, 0.1) is 0 Å².